The molecule has 1 atom stereocenters. The summed E-state index contributed by atoms with van der Waals surface area (Å²) in [6.45, 7) is 1.79. The van der Waals surface area contributed by atoms with Crippen LogP contribution in [0.15, 0.2) is 0 Å². The molecule has 0 aromatic carbocycles. The Morgan fingerprint density at radius 3 is 2.63 bits per heavy atom. The molecule has 19 heavy (non-hydrogen) atoms. The minimum atomic E-state index is -0.0569. The lowest BCUT2D eigenvalue weighted by Crippen LogP contribution is -2.48. The van der Waals surface area contributed by atoms with E-state index in [0.717, 1.165) is 32.2 Å². The van der Waals surface area contributed by atoms with E-state index in [-0.39, 0.29) is 24.0 Å². The fourth-order valence-electron chi connectivity index (χ4n) is 3.34. The van der Waals surface area contributed by atoms with Crippen LogP contribution < -0.4 is 10.6 Å². The Morgan fingerprint density at radius 2 is 1.89 bits per heavy atom. The molecule has 4 heteroatoms. The van der Waals surface area contributed by atoms with Gasteiger partial charge in [-0.1, -0.05) is 32.1 Å². The van der Waals surface area contributed by atoms with Gasteiger partial charge in [0.15, 0.2) is 0 Å². The highest BCUT2D eigenvalue weighted by Crippen LogP contribution is 2.35. The highest BCUT2D eigenvalue weighted by molar-refractivity contribution is 5.81. The lowest BCUT2D eigenvalue weighted by Gasteiger charge is -2.36. The lowest BCUT2D eigenvalue weighted by molar-refractivity contribution is -0.124. The number of nitrogens with one attached hydrogen (secondary N) is 2. The van der Waals surface area contributed by atoms with Crippen LogP contribution in [0, 0.1) is 5.41 Å². The van der Waals surface area contributed by atoms with Gasteiger partial charge in [0.2, 0.25) is 5.91 Å². The zero-order valence-electron chi connectivity index (χ0n) is 11.9. The van der Waals surface area contributed by atoms with Crippen molar-refractivity contribution < 1.29 is 9.90 Å². The van der Waals surface area contributed by atoms with Crippen molar-refractivity contribution in [2.45, 2.75) is 63.8 Å². The average Bonchev–Trinajstić information content (AvgIpc) is 2.75. The second-order valence-corrected chi connectivity index (χ2v) is 6.29. The number of carbonyl (C=O) groups excluding carboxylic acids is 1. The Balaban J connectivity index is 1.80. The third kappa shape index (κ3) is 4.18. The summed E-state index contributed by atoms with van der Waals surface area (Å²) in [6.07, 6.45) is 10.2. The number of hydrogen-bond acceptors (Lipinski definition) is 3. The summed E-state index contributed by atoms with van der Waals surface area (Å²) in [4.78, 5) is 12.2. The first-order valence-electron chi connectivity index (χ1n) is 7.88. The molecule has 0 aromatic heterocycles. The molecule has 1 amide bonds. The van der Waals surface area contributed by atoms with Crippen LogP contribution in [0.25, 0.3) is 0 Å². The molecule has 1 aliphatic carbocycles. The van der Waals surface area contributed by atoms with Gasteiger partial charge < -0.3 is 15.7 Å². The maximum absolute atomic E-state index is 12.2. The van der Waals surface area contributed by atoms with Gasteiger partial charge in [-0.3, -0.25) is 4.79 Å². The van der Waals surface area contributed by atoms with Crippen molar-refractivity contribution in [1.82, 2.24) is 10.6 Å². The van der Waals surface area contributed by atoms with Gasteiger partial charge in [-0.05, 0) is 32.2 Å². The molecule has 3 N–H and O–H groups in total. The molecule has 1 aliphatic heterocycles. The lowest BCUT2D eigenvalue weighted by atomic mass is 9.74. The summed E-state index contributed by atoms with van der Waals surface area (Å²) < 4.78 is 0. The van der Waals surface area contributed by atoms with Crippen molar-refractivity contribution in [3.05, 3.63) is 0 Å². The largest absolute Gasteiger partial charge is 0.396 e. The molecule has 0 radical (unpaired) electrons. The molecule has 0 spiro atoms. The van der Waals surface area contributed by atoms with E-state index in [4.69, 9.17) is 0 Å². The van der Waals surface area contributed by atoms with Crippen LogP contribution in [0.3, 0.4) is 0 Å². The monoisotopic (exact) mass is 268 g/mol. The summed E-state index contributed by atoms with van der Waals surface area (Å²) >= 11 is 0. The maximum Gasteiger partial charge on any atom is 0.237 e. The number of amides is 1. The van der Waals surface area contributed by atoms with Gasteiger partial charge >= 0.3 is 0 Å². The molecule has 2 fully saturated rings. The van der Waals surface area contributed by atoms with Crippen LogP contribution in [0.5, 0.6) is 0 Å². The molecule has 1 heterocycles. The molecule has 2 aliphatic rings. The van der Waals surface area contributed by atoms with Gasteiger partial charge in [0.25, 0.3) is 0 Å². The molecule has 1 saturated heterocycles. The zero-order valence-corrected chi connectivity index (χ0v) is 11.9. The van der Waals surface area contributed by atoms with Gasteiger partial charge in [0.1, 0.15) is 0 Å². The Labute approximate surface area is 116 Å². The summed E-state index contributed by atoms with van der Waals surface area (Å²) in [5.74, 6) is 0.125. The van der Waals surface area contributed by atoms with Crippen molar-refractivity contribution in [1.29, 1.82) is 0 Å². The van der Waals surface area contributed by atoms with Crippen LogP contribution in [0.2, 0.25) is 0 Å². The maximum atomic E-state index is 12.2. The normalized spacial score (nSPS) is 27.5. The molecule has 4 nitrogen and oxygen atoms in total. The minimum absolute atomic E-state index is 0.0261. The van der Waals surface area contributed by atoms with Gasteiger partial charge in [0.05, 0.1) is 12.6 Å². The number of hydrogen-bond donors (Lipinski definition) is 3. The third-order valence-electron chi connectivity index (χ3n) is 4.76. The minimum Gasteiger partial charge on any atom is -0.396 e. The number of rotatable bonds is 4. The van der Waals surface area contributed by atoms with Crippen LogP contribution in [0.4, 0.5) is 0 Å². The highest BCUT2D eigenvalue weighted by Gasteiger charge is 2.32. The fourth-order valence-corrected chi connectivity index (χ4v) is 3.34. The van der Waals surface area contributed by atoms with Crippen molar-refractivity contribution in [3.63, 3.8) is 0 Å². The van der Waals surface area contributed by atoms with Crippen LogP contribution in [0.1, 0.15) is 57.8 Å². The van der Waals surface area contributed by atoms with E-state index in [0.29, 0.717) is 6.54 Å². The second-order valence-electron chi connectivity index (χ2n) is 6.29. The molecule has 1 unspecified atom stereocenters. The smallest absolute Gasteiger partial charge is 0.237 e. The first-order valence-corrected chi connectivity index (χ1v) is 7.88. The van der Waals surface area contributed by atoms with Crippen molar-refractivity contribution in [2.24, 2.45) is 5.41 Å². The first kappa shape index (κ1) is 14.8. The predicted octanol–water partition coefficient (Wildman–Crippen LogP) is 1.58. The second kappa shape index (κ2) is 7.25. The number of carbonyl (C=O) groups is 1. The third-order valence-corrected chi connectivity index (χ3v) is 4.76. The Hall–Kier alpha value is -0.610. The van der Waals surface area contributed by atoms with Crippen molar-refractivity contribution in [3.8, 4) is 0 Å². The predicted molar refractivity (Wildman–Crippen MR) is 75.9 cm³/mol. The summed E-state index contributed by atoms with van der Waals surface area (Å²) in [5.41, 5.74) is -0.0569. The quantitative estimate of drug-likeness (QED) is 0.725. The molecular formula is C15H28N2O2. The van der Waals surface area contributed by atoms with Crippen molar-refractivity contribution in [2.75, 3.05) is 19.7 Å². The standard InChI is InChI=1S/C15H28N2O2/c18-12-15(8-4-2-5-9-15)11-17-14(19)13-7-3-1-6-10-16-13/h13,16,18H,1-12H2,(H,17,19). The van der Waals surface area contributed by atoms with Gasteiger partial charge in [-0.15, -0.1) is 0 Å². The average molecular weight is 268 g/mol. The molecule has 2 rings (SSSR count). The Kier molecular flexibility index (Phi) is 5.64. The molecular weight excluding hydrogens is 240 g/mol. The summed E-state index contributed by atoms with van der Waals surface area (Å²) in [6, 6.07) is -0.0261. The zero-order chi connectivity index (χ0) is 13.6. The van der Waals surface area contributed by atoms with Crippen LogP contribution in [-0.2, 0) is 4.79 Å². The topological polar surface area (TPSA) is 61.4 Å². The van der Waals surface area contributed by atoms with E-state index in [2.05, 4.69) is 10.6 Å². The first-order chi connectivity index (χ1) is 9.26. The Morgan fingerprint density at radius 1 is 1.16 bits per heavy atom. The summed E-state index contributed by atoms with van der Waals surface area (Å²) in [5, 5.41) is 16.0. The summed E-state index contributed by atoms with van der Waals surface area (Å²) in [7, 11) is 0. The Bertz CT molecular complexity index is 280. The number of aliphatic hydroxyl groups is 1. The van der Waals surface area contributed by atoms with E-state index < -0.39 is 0 Å². The van der Waals surface area contributed by atoms with Gasteiger partial charge in [0, 0.05) is 12.0 Å². The molecule has 110 valence electrons. The van der Waals surface area contributed by atoms with Crippen molar-refractivity contribution >= 4 is 5.91 Å². The van der Waals surface area contributed by atoms with E-state index >= 15 is 0 Å². The van der Waals surface area contributed by atoms with Gasteiger partial charge in [-0.2, -0.15) is 0 Å². The fraction of sp³-hybridized carbons (Fsp3) is 0.933. The highest BCUT2D eigenvalue weighted by atomic mass is 16.3. The molecule has 1 saturated carbocycles. The van der Waals surface area contributed by atoms with Gasteiger partial charge in [-0.25, -0.2) is 0 Å². The van der Waals surface area contributed by atoms with E-state index in [1.807, 2.05) is 0 Å². The van der Waals surface area contributed by atoms with E-state index in [1.165, 1.54) is 32.1 Å². The SMILES string of the molecule is O=C(NCC1(CO)CCCCC1)C1CCCCCN1. The van der Waals surface area contributed by atoms with E-state index in [9.17, 15) is 9.90 Å². The molecule has 0 aromatic rings. The number of aliphatic hydroxyl groups excluding tert-OH is 1. The molecule has 0 bridgehead atoms. The van der Waals surface area contributed by atoms with Crippen LogP contribution >= 0.6 is 0 Å². The van der Waals surface area contributed by atoms with E-state index in [1.54, 1.807) is 0 Å². The van der Waals surface area contributed by atoms with Crippen LogP contribution in [-0.4, -0.2) is 36.8 Å².